The Morgan fingerprint density at radius 2 is 1.77 bits per heavy atom. The van der Waals surface area contributed by atoms with Crippen LogP contribution in [-0.2, 0) is 4.79 Å². The van der Waals surface area contributed by atoms with Crippen LogP contribution < -0.4 is 15.5 Å². The maximum atomic E-state index is 13.0. The van der Waals surface area contributed by atoms with Crippen LogP contribution in [0, 0.1) is 13.8 Å². The first-order valence-electron chi connectivity index (χ1n) is 9.63. The first-order chi connectivity index (χ1) is 14.5. The summed E-state index contributed by atoms with van der Waals surface area (Å²) in [5, 5.41) is 3.27. The van der Waals surface area contributed by atoms with Crippen molar-refractivity contribution < 1.29 is 13.9 Å². The van der Waals surface area contributed by atoms with E-state index in [4.69, 9.17) is 9.15 Å². The summed E-state index contributed by atoms with van der Waals surface area (Å²) in [6.45, 7) is 3.58. The normalized spacial score (nSPS) is 10.7. The fourth-order valence-electron chi connectivity index (χ4n) is 3.38. The van der Waals surface area contributed by atoms with Gasteiger partial charge < -0.3 is 14.5 Å². The zero-order valence-electron chi connectivity index (χ0n) is 16.8. The quantitative estimate of drug-likeness (QED) is 0.507. The van der Waals surface area contributed by atoms with E-state index in [0.717, 1.165) is 16.8 Å². The van der Waals surface area contributed by atoms with Crippen molar-refractivity contribution in [2.24, 2.45) is 0 Å². The number of hydrogen-bond donors (Lipinski definition) is 1. The molecule has 0 aliphatic rings. The van der Waals surface area contributed by atoms with Gasteiger partial charge in [0.2, 0.25) is 5.43 Å². The lowest BCUT2D eigenvalue weighted by atomic mass is 10.0. The van der Waals surface area contributed by atoms with Crippen LogP contribution in [-0.4, -0.2) is 12.5 Å². The van der Waals surface area contributed by atoms with Crippen molar-refractivity contribution in [1.29, 1.82) is 0 Å². The lowest BCUT2D eigenvalue weighted by Crippen LogP contribution is -2.20. The number of rotatable bonds is 5. The Morgan fingerprint density at radius 3 is 2.53 bits per heavy atom. The van der Waals surface area contributed by atoms with Gasteiger partial charge in [-0.05, 0) is 49.2 Å². The van der Waals surface area contributed by atoms with Gasteiger partial charge >= 0.3 is 0 Å². The second kappa shape index (κ2) is 8.25. The summed E-state index contributed by atoms with van der Waals surface area (Å²) in [6, 6.07) is 22.0. The maximum Gasteiger partial charge on any atom is 0.262 e. The summed E-state index contributed by atoms with van der Waals surface area (Å²) in [4.78, 5) is 25.2. The molecule has 0 aliphatic carbocycles. The predicted molar refractivity (Wildman–Crippen MR) is 118 cm³/mol. The summed E-state index contributed by atoms with van der Waals surface area (Å²) in [7, 11) is 0. The SMILES string of the molecule is Cc1cccc(NC(=O)COc2ccc3c(=O)c(-c4ccccc4)c(C)oc3c2)c1. The highest BCUT2D eigenvalue weighted by Crippen LogP contribution is 2.26. The Kier molecular flexibility index (Phi) is 5.35. The fourth-order valence-corrected chi connectivity index (χ4v) is 3.38. The lowest BCUT2D eigenvalue weighted by Gasteiger charge is -2.10. The molecule has 5 heteroatoms. The largest absolute Gasteiger partial charge is 0.484 e. The van der Waals surface area contributed by atoms with Crippen molar-refractivity contribution in [3.05, 3.63) is 94.3 Å². The molecule has 0 unspecified atom stereocenters. The van der Waals surface area contributed by atoms with Crippen molar-refractivity contribution in [1.82, 2.24) is 0 Å². The smallest absolute Gasteiger partial charge is 0.262 e. The first kappa shape index (κ1) is 19.5. The number of amides is 1. The van der Waals surface area contributed by atoms with E-state index in [0.29, 0.717) is 28.0 Å². The highest BCUT2D eigenvalue weighted by molar-refractivity contribution is 5.92. The number of aryl methyl sites for hydroxylation is 2. The van der Waals surface area contributed by atoms with Gasteiger partial charge in [-0.1, -0.05) is 42.5 Å². The van der Waals surface area contributed by atoms with Gasteiger partial charge in [0.1, 0.15) is 17.1 Å². The lowest BCUT2D eigenvalue weighted by molar-refractivity contribution is -0.118. The van der Waals surface area contributed by atoms with Gasteiger partial charge in [0.05, 0.1) is 10.9 Å². The van der Waals surface area contributed by atoms with Crippen LogP contribution in [0.2, 0.25) is 0 Å². The van der Waals surface area contributed by atoms with E-state index in [9.17, 15) is 9.59 Å². The van der Waals surface area contributed by atoms with Gasteiger partial charge in [0.15, 0.2) is 6.61 Å². The second-order valence-corrected chi connectivity index (χ2v) is 7.09. The van der Waals surface area contributed by atoms with Crippen LogP contribution in [0.15, 0.2) is 82.0 Å². The Bertz CT molecular complexity index is 1280. The molecular weight excluding hydrogens is 378 g/mol. The van der Waals surface area contributed by atoms with Gasteiger partial charge in [-0.2, -0.15) is 0 Å². The molecule has 0 radical (unpaired) electrons. The molecule has 0 bridgehead atoms. The number of anilines is 1. The van der Waals surface area contributed by atoms with Crippen molar-refractivity contribution in [2.45, 2.75) is 13.8 Å². The average molecular weight is 399 g/mol. The van der Waals surface area contributed by atoms with Gasteiger partial charge in [0, 0.05) is 11.8 Å². The number of hydrogen-bond acceptors (Lipinski definition) is 4. The van der Waals surface area contributed by atoms with Crippen molar-refractivity contribution >= 4 is 22.6 Å². The third-order valence-electron chi connectivity index (χ3n) is 4.77. The zero-order chi connectivity index (χ0) is 21.1. The number of benzene rings is 3. The van der Waals surface area contributed by atoms with E-state index in [-0.39, 0.29) is 17.9 Å². The van der Waals surface area contributed by atoms with Crippen molar-refractivity contribution in [2.75, 3.05) is 11.9 Å². The van der Waals surface area contributed by atoms with E-state index in [1.54, 1.807) is 25.1 Å². The number of nitrogens with one attached hydrogen (secondary N) is 1. The van der Waals surface area contributed by atoms with E-state index in [1.165, 1.54) is 0 Å². The average Bonchev–Trinajstić information content (AvgIpc) is 2.73. The second-order valence-electron chi connectivity index (χ2n) is 7.09. The molecule has 30 heavy (non-hydrogen) atoms. The van der Waals surface area contributed by atoms with Crippen LogP contribution >= 0.6 is 0 Å². The number of carbonyl (C=O) groups is 1. The standard InChI is InChI=1S/C25H21NO4/c1-16-7-6-10-19(13-16)26-23(27)15-29-20-11-12-21-22(14-20)30-17(2)24(25(21)28)18-8-4-3-5-9-18/h3-14H,15H2,1-2H3,(H,26,27). The molecule has 5 nitrogen and oxygen atoms in total. The van der Waals surface area contributed by atoms with Gasteiger partial charge in [-0.3, -0.25) is 9.59 Å². The van der Waals surface area contributed by atoms with Crippen LogP contribution in [0.3, 0.4) is 0 Å². The summed E-state index contributed by atoms with van der Waals surface area (Å²) in [5.41, 5.74) is 3.48. The minimum atomic E-state index is -0.266. The Balaban J connectivity index is 1.54. The van der Waals surface area contributed by atoms with Crippen LogP contribution in [0.1, 0.15) is 11.3 Å². The molecule has 0 saturated carbocycles. The molecule has 0 fully saturated rings. The summed E-state index contributed by atoms with van der Waals surface area (Å²) < 4.78 is 11.5. The Hall–Kier alpha value is -3.86. The van der Waals surface area contributed by atoms with E-state index in [1.807, 2.05) is 61.5 Å². The topological polar surface area (TPSA) is 68.5 Å². The molecule has 3 aromatic carbocycles. The third kappa shape index (κ3) is 4.10. The van der Waals surface area contributed by atoms with Crippen LogP contribution in [0.25, 0.3) is 22.1 Å². The molecule has 4 rings (SSSR count). The van der Waals surface area contributed by atoms with Crippen molar-refractivity contribution in [3.63, 3.8) is 0 Å². The Morgan fingerprint density at radius 1 is 0.967 bits per heavy atom. The first-order valence-corrected chi connectivity index (χ1v) is 9.63. The number of ether oxygens (including phenoxy) is 1. The highest BCUT2D eigenvalue weighted by atomic mass is 16.5. The number of fused-ring (bicyclic) bond motifs is 1. The fraction of sp³-hybridized carbons (Fsp3) is 0.120. The summed E-state index contributed by atoms with van der Waals surface area (Å²) >= 11 is 0. The number of carbonyl (C=O) groups excluding carboxylic acids is 1. The maximum absolute atomic E-state index is 13.0. The molecule has 0 saturated heterocycles. The molecular formula is C25H21NO4. The minimum Gasteiger partial charge on any atom is -0.484 e. The summed E-state index contributed by atoms with van der Waals surface area (Å²) in [6.07, 6.45) is 0. The molecule has 0 spiro atoms. The molecule has 0 aliphatic heterocycles. The monoisotopic (exact) mass is 399 g/mol. The van der Waals surface area contributed by atoms with Crippen LogP contribution in [0.4, 0.5) is 5.69 Å². The van der Waals surface area contributed by atoms with Gasteiger partial charge in [-0.25, -0.2) is 0 Å². The van der Waals surface area contributed by atoms with Crippen molar-refractivity contribution in [3.8, 4) is 16.9 Å². The molecule has 150 valence electrons. The molecule has 1 amide bonds. The van der Waals surface area contributed by atoms with Gasteiger partial charge in [-0.15, -0.1) is 0 Å². The van der Waals surface area contributed by atoms with E-state index < -0.39 is 0 Å². The zero-order valence-corrected chi connectivity index (χ0v) is 16.8. The molecule has 4 aromatic rings. The molecule has 1 heterocycles. The van der Waals surface area contributed by atoms with Gasteiger partial charge in [0.25, 0.3) is 5.91 Å². The van der Waals surface area contributed by atoms with E-state index >= 15 is 0 Å². The van der Waals surface area contributed by atoms with E-state index in [2.05, 4.69) is 5.32 Å². The Labute approximate surface area is 173 Å². The molecule has 1 aromatic heterocycles. The minimum absolute atomic E-state index is 0.0938. The molecule has 1 N–H and O–H groups in total. The third-order valence-corrected chi connectivity index (χ3v) is 4.77. The summed E-state index contributed by atoms with van der Waals surface area (Å²) in [5.74, 6) is 0.725. The highest BCUT2D eigenvalue weighted by Gasteiger charge is 2.14. The predicted octanol–water partition coefficient (Wildman–Crippen LogP) is 5.09. The molecule has 0 atom stereocenters. The van der Waals surface area contributed by atoms with Crippen LogP contribution in [0.5, 0.6) is 5.75 Å².